The maximum Gasteiger partial charge on any atom is 0.208 e. The number of allylic oxidation sites excluding steroid dienone is 4. The molecule has 0 bridgehead atoms. The molecule has 2 aromatic rings. The first-order valence-electron chi connectivity index (χ1n) is 7.14. The van der Waals surface area contributed by atoms with Crippen molar-refractivity contribution >= 4 is 22.5 Å². The van der Waals surface area contributed by atoms with E-state index in [9.17, 15) is 4.79 Å². The van der Waals surface area contributed by atoms with Crippen LogP contribution in [0.2, 0.25) is 0 Å². The van der Waals surface area contributed by atoms with Crippen LogP contribution >= 0.6 is 0 Å². The highest BCUT2D eigenvalue weighted by molar-refractivity contribution is 6.23. The highest BCUT2D eigenvalue weighted by Crippen LogP contribution is 2.30. The molecular weight excluding hydrogens is 262 g/mol. The van der Waals surface area contributed by atoms with Crippen molar-refractivity contribution in [1.82, 2.24) is 15.0 Å². The van der Waals surface area contributed by atoms with E-state index in [0.717, 1.165) is 28.6 Å². The molecule has 21 heavy (non-hydrogen) atoms. The van der Waals surface area contributed by atoms with Crippen LogP contribution in [0.15, 0.2) is 35.9 Å². The molecule has 0 radical (unpaired) electrons. The smallest absolute Gasteiger partial charge is 0.208 e. The van der Waals surface area contributed by atoms with Gasteiger partial charge in [0.15, 0.2) is 0 Å². The lowest BCUT2D eigenvalue weighted by Crippen LogP contribution is -2.12. The van der Waals surface area contributed by atoms with Crippen molar-refractivity contribution in [2.45, 2.75) is 34.1 Å². The third kappa shape index (κ3) is 2.53. The molecule has 0 fully saturated rings. The van der Waals surface area contributed by atoms with Gasteiger partial charge >= 0.3 is 0 Å². The van der Waals surface area contributed by atoms with Crippen molar-refractivity contribution < 1.29 is 4.79 Å². The largest absolute Gasteiger partial charge is 0.287 e. The minimum atomic E-state index is -0.0232. The number of nitrogens with zero attached hydrogens (tertiary/aromatic N) is 3. The Labute approximate surface area is 124 Å². The summed E-state index contributed by atoms with van der Waals surface area (Å²) in [6, 6.07) is 5.91. The molecular formula is C17H19N3O. The van der Waals surface area contributed by atoms with Gasteiger partial charge in [0, 0.05) is 0 Å². The maximum atomic E-state index is 12.5. The number of benzene rings is 1. The number of ketones is 1. The van der Waals surface area contributed by atoms with Crippen LogP contribution in [0.5, 0.6) is 0 Å². The molecule has 0 spiro atoms. The van der Waals surface area contributed by atoms with Gasteiger partial charge in [-0.15, -0.1) is 15.0 Å². The lowest BCUT2D eigenvalue weighted by Gasteiger charge is -2.16. The molecule has 0 amide bonds. The van der Waals surface area contributed by atoms with Crippen LogP contribution in [0, 0.1) is 12.3 Å². The van der Waals surface area contributed by atoms with Crippen LogP contribution < -0.4 is 0 Å². The third-order valence-corrected chi connectivity index (χ3v) is 3.77. The van der Waals surface area contributed by atoms with Gasteiger partial charge in [-0.2, -0.15) is 0 Å². The fourth-order valence-electron chi connectivity index (χ4n) is 2.67. The molecule has 1 aromatic carbocycles. The standard InChI is InChI=1S/C17H19N3O/c1-11-5-6-13-14(9-11)19-20(18-13)15-7-8-17(3,4)10-12(2)16(15)21/h5-7,9-10H,8H2,1-4H3. The fourth-order valence-corrected chi connectivity index (χ4v) is 2.67. The van der Waals surface area contributed by atoms with Crippen molar-refractivity contribution in [3.63, 3.8) is 0 Å². The van der Waals surface area contributed by atoms with E-state index >= 15 is 0 Å². The molecule has 4 heteroatoms. The van der Waals surface area contributed by atoms with Gasteiger partial charge in [0.2, 0.25) is 5.78 Å². The number of carbonyl (C=O) groups is 1. The van der Waals surface area contributed by atoms with Gasteiger partial charge in [-0.25, -0.2) is 0 Å². The summed E-state index contributed by atoms with van der Waals surface area (Å²) >= 11 is 0. The summed E-state index contributed by atoms with van der Waals surface area (Å²) in [6.45, 7) is 8.12. The number of hydrogen-bond acceptors (Lipinski definition) is 3. The Morgan fingerprint density at radius 1 is 1.14 bits per heavy atom. The first-order valence-corrected chi connectivity index (χ1v) is 7.14. The quantitative estimate of drug-likeness (QED) is 0.803. The monoisotopic (exact) mass is 281 g/mol. The average molecular weight is 281 g/mol. The Morgan fingerprint density at radius 3 is 2.62 bits per heavy atom. The zero-order valence-corrected chi connectivity index (χ0v) is 12.8. The number of rotatable bonds is 1. The molecule has 1 heterocycles. The number of fused-ring (bicyclic) bond motifs is 1. The topological polar surface area (TPSA) is 47.8 Å². The Morgan fingerprint density at radius 2 is 1.86 bits per heavy atom. The highest BCUT2D eigenvalue weighted by atomic mass is 16.1. The second-order valence-corrected chi connectivity index (χ2v) is 6.42. The summed E-state index contributed by atoms with van der Waals surface area (Å²) in [7, 11) is 0. The summed E-state index contributed by atoms with van der Waals surface area (Å²) in [5.74, 6) is -0.00222. The van der Waals surface area contributed by atoms with Gasteiger partial charge in [-0.1, -0.05) is 32.1 Å². The zero-order valence-electron chi connectivity index (χ0n) is 12.8. The number of Topliss-reactive ketones (excluding diaryl/α,β-unsaturated/α-hetero) is 1. The summed E-state index contributed by atoms with van der Waals surface area (Å²) < 4.78 is 0. The van der Waals surface area contributed by atoms with E-state index in [0.29, 0.717) is 5.70 Å². The molecule has 0 unspecified atom stereocenters. The summed E-state index contributed by atoms with van der Waals surface area (Å²) in [4.78, 5) is 14.0. The number of hydrogen-bond donors (Lipinski definition) is 0. The zero-order chi connectivity index (χ0) is 15.2. The van der Waals surface area contributed by atoms with E-state index in [1.807, 2.05) is 44.2 Å². The first kappa shape index (κ1) is 13.7. The molecule has 0 N–H and O–H groups in total. The van der Waals surface area contributed by atoms with Crippen molar-refractivity contribution in [1.29, 1.82) is 0 Å². The molecule has 108 valence electrons. The molecule has 0 saturated heterocycles. The lowest BCUT2D eigenvalue weighted by atomic mass is 9.88. The third-order valence-electron chi connectivity index (χ3n) is 3.77. The van der Waals surface area contributed by atoms with E-state index < -0.39 is 0 Å². The van der Waals surface area contributed by atoms with Gasteiger partial charge in [0.05, 0.1) is 0 Å². The van der Waals surface area contributed by atoms with Gasteiger partial charge in [-0.3, -0.25) is 4.79 Å². The van der Waals surface area contributed by atoms with Gasteiger partial charge in [-0.05, 0) is 49.0 Å². The van der Waals surface area contributed by atoms with Gasteiger partial charge in [0.25, 0.3) is 0 Å². The fraction of sp³-hybridized carbons (Fsp3) is 0.353. The Balaban J connectivity index is 2.11. The van der Waals surface area contributed by atoms with Crippen molar-refractivity contribution in [3.05, 3.63) is 41.5 Å². The molecule has 4 nitrogen and oxygen atoms in total. The molecule has 1 aliphatic rings. The van der Waals surface area contributed by atoms with E-state index in [4.69, 9.17) is 0 Å². The van der Waals surface area contributed by atoms with Crippen molar-refractivity contribution in [3.8, 4) is 0 Å². The minimum Gasteiger partial charge on any atom is -0.287 e. The molecule has 1 aliphatic carbocycles. The summed E-state index contributed by atoms with van der Waals surface area (Å²) in [6.07, 6.45) is 4.77. The lowest BCUT2D eigenvalue weighted by molar-refractivity contribution is -0.110. The van der Waals surface area contributed by atoms with Crippen LogP contribution in [0.1, 0.15) is 32.8 Å². The van der Waals surface area contributed by atoms with Crippen molar-refractivity contribution in [2.75, 3.05) is 0 Å². The Bertz CT molecular complexity index is 793. The second kappa shape index (κ2) is 4.65. The van der Waals surface area contributed by atoms with Crippen LogP contribution in [0.4, 0.5) is 0 Å². The molecule has 1 aromatic heterocycles. The van der Waals surface area contributed by atoms with Gasteiger partial charge < -0.3 is 0 Å². The van der Waals surface area contributed by atoms with E-state index in [1.54, 1.807) is 0 Å². The molecule has 3 rings (SSSR count). The van der Waals surface area contributed by atoms with E-state index in [2.05, 4.69) is 24.0 Å². The minimum absolute atomic E-state index is 0.00222. The maximum absolute atomic E-state index is 12.5. The highest BCUT2D eigenvalue weighted by Gasteiger charge is 2.25. The second-order valence-electron chi connectivity index (χ2n) is 6.42. The molecule has 0 aliphatic heterocycles. The number of aryl methyl sites for hydroxylation is 1. The van der Waals surface area contributed by atoms with Crippen LogP contribution in [-0.2, 0) is 4.79 Å². The van der Waals surface area contributed by atoms with Crippen molar-refractivity contribution in [2.24, 2.45) is 5.41 Å². The van der Waals surface area contributed by atoms with Crippen LogP contribution in [0.25, 0.3) is 16.7 Å². The average Bonchev–Trinajstić information content (AvgIpc) is 2.76. The number of carbonyl (C=O) groups excluding carboxylic acids is 1. The summed E-state index contributed by atoms with van der Waals surface area (Å²) in [5.41, 5.74) is 4.02. The molecule has 0 atom stereocenters. The Kier molecular flexibility index (Phi) is 3.04. The SMILES string of the molecule is CC1=CC(C)(C)CC=C(n2nc3ccc(C)cc3n2)C1=O. The predicted molar refractivity (Wildman–Crippen MR) is 83.7 cm³/mol. The van der Waals surface area contributed by atoms with Crippen LogP contribution in [0.3, 0.4) is 0 Å². The van der Waals surface area contributed by atoms with Crippen LogP contribution in [-0.4, -0.2) is 20.8 Å². The van der Waals surface area contributed by atoms with Gasteiger partial charge in [0.1, 0.15) is 16.7 Å². The molecule has 0 saturated carbocycles. The van der Waals surface area contributed by atoms with E-state index in [-0.39, 0.29) is 11.2 Å². The first-order chi connectivity index (χ1) is 9.85. The predicted octanol–water partition coefficient (Wildman–Crippen LogP) is 3.53. The summed E-state index contributed by atoms with van der Waals surface area (Å²) in [5, 5.41) is 8.90. The Hall–Kier alpha value is -2.23. The normalized spacial score (nSPS) is 18.4. The van der Waals surface area contributed by atoms with E-state index in [1.165, 1.54) is 4.80 Å². The number of aromatic nitrogens is 3.